The van der Waals surface area contributed by atoms with Gasteiger partial charge in [-0.1, -0.05) is 30.3 Å². The van der Waals surface area contributed by atoms with Crippen molar-refractivity contribution in [2.45, 2.75) is 56.5 Å². The van der Waals surface area contributed by atoms with E-state index < -0.39 is 47.3 Å². The molecule has 15 nitrogen and oxygen atoms in total. The van der Waals surface area contributed by atoms with E-state index in [0.29, 0.717) is 47.2 Å². The number of piperidine rings is 3. The number of hydrogen-bond acceptors (Lipinski definition) is 11. The third-order valence-corrected chi connectivity index (χ3v) is 11.3. The molecule has 4 aliphatic heterocycles. The van der Waals surface area contributed by atoms with Crippen LogP contribution in [0.25, 0.3) is 11.3 Å². The molecule has 6 heterocycles. The minimum Gasteiger partial charge on any atom is -0.382 e. The first-order valence-corrected chi connectivity index (χ1v) is 19.2. The molecule has 294 valence electrons. The van der Waals surface area contributed by atoms with Crippen molar-refractivity contribution in [3.8, 4) is 11.3 Å². The zero-order valence-electron chi connectivity index (χ0n) is 32.1. The monoisotopic (exact) mass is 775 g/mol. The van der Waals surface area contributed by atoms with E-state index in [2.05, 4.69) is 25.5 Å². The Balaban J connectivity index is 0.895. The molecule has 8 rings (SSSR count). The van der Waals surface area contributed by atoms with Crippen LogP contribution in [-0.4, -0.2) is 103 Å². The molecular weight excluding hydrogens is 732 g/mol. The number of nitrogens with two attached hydrogens (primary N) is 1. The van der Waals surface area contributed by atoms with Crippen LogP contribution in [0.5, 0.6) is 0 Å². The lowest BCUT2D eigenvalue weighted by atomic mass is 9.91. The molecule has 1 unspecified atom stereocenters. The van der Waals surface area contributed by atoms with Crippen molar-refractivity contribution in [1.29, 1.82) is 0 Å². The summed E-state index contributed by atoms with van der Waals surface area (Å²) in [5, 5.41) is 9.79. The number of imide groups is 2. The fraction of sp³-hybridized carbons (Fsp3) is 0.366. The molecule has 0 radical (unpaired) electrons. The maximum absolute atomic E-state index is 14.0. The first kappa shape index (κ1) is 36.4. The highest BCUT2D eigenvalue weighted by molar-refractivity contribution is 6.18. The van der Waals surface area contributed by atoms with Gasteiger partial charge in [0.25, 0.3) is 11.8 Å². The second-order valence-corrected chi connectivity index (χ2v) is 15.0. The van der Waals surface area contributed by atoms with E-state index in [0.717, 1.165) is 50.2 Å². The number of hydrogen-bond donors (Lipinski definition) is 3. The summed E-state index contributed by atoms with van der Waals surface area (Å²) in [6.45, 7) is 3.89. The van der Waals surface area contributed by atoms with Crippen molar-refractivity contribution in [1.82, 2.24) is 39.8 Å². The summed E-state index contributed by atoms with van der Waals surface area (Å²) in [5.41, 5.74) is 8.67. The van der Waals surface area contributed by atoms with Crippen LogP contribution in [0.3, 0.4) is 0 Å². The molecule has 4 aliphatic rings. The Kier molecular flexibility index (Phi) is 10.2. The predicted molar refractivity (Wildman–Crippen MR) is 206 cm³/mol. The lowest BCUT2D eigenvalue weighted by Crippen LogP contribution is -2.55. The average Bonchev–Trinajstić information content (AvgIpc) is 3.82. The summed E-state index contributed by atoms with van der Waals surface area (Å²) in [4.78, 5) is 78.4. The quantitative estimate of drug-likeness (QED) is 0.201. The van der Waals surface area contributed by atoms with Crippen LogP contribution in [-0.2, 0) is 24.0 Å². The molecule has 57 heavy (non-hydrogen) atoms. The third-order valence-electron chi connectivity index (χ3n) is 11.3. The molecule has 16 heteroatoms. The van der Waals surface area contributed by atoms with Crippen LogP contribution in [0.1, 0.15) is 63.1 Å². The Morgan fingerprint density at radius 3 is 2.44 bits per heavy atom. The van der Waals surface area contributed by atoms with E-state index in [1.54, 1.807) is 18.3 Å². The first-order chi connectivity index (χ1) is 28.0. The summed E-state index contributed by atoms with van der Waals surface area (Å²) < 4.78 is 23.9. The van der Waals surface area contributed by atoms with Crippen molar-refractivity contribution in [3.63, 3.8) is 0 Å². The molecule has 4 N–H and O–H groups in total. The summed E-state index contributed by atoms with van der Waals surface area (Å²) >= 11 is 0. The van der Waals surface area contributed by atoms with E-state index in [1.807, 2.05) is 34.0 Å². The SMILES string of the molecule is [2H]c1nc(-c2cnn(C3CCN(CC4CCN(C5=CC(=O)N(C6CCC(=O)NC6=O)C5=O)CC4)CC3)c2)c([C@H](C(=O)Nc2ccc(F)cc2)c2ccccc2)nc1N. The number of aromatic nitrogens is 4. The van der Waals surface area contributed by atoms with Gasteiger partial charge < -0.3 is 20.9 Å². The molecule has 2 atom stereocenters. The van der Waals surface area contributed by atoms with Gasteiger partial charge in [-0.3, -0.25) is 43.9 Å². The lowest BCUT2D eigenvalue weighted by molar-refractivity contribution is -0.150. The molecule has 0 spiro atoms. The van der Waals surface area contributed by atoms with Gasteiger partial charge in [-0.05, 0) is 67.9 Å². The van der Waals surface area contributed by atoms with Gasteiger partial charge in [0.15, 0.2) is 0 Å². The minimum atomic E-state index is -0.972. The molecule has 4 aromatic rings. The largest absolute Gasteiger partial charge is 0.382 e. The Bertz CT molecular complexity index is 2270. The van der Waals surface area contributed by atoms with Gasteiger partial charge in [-0.2, -0.15) is 5.10 Å². The number of benzene rings is 2. The number of nitrogens with zero attached hydrogens (tertiary/aromatic N) is 7. The van der Waals surface area contributed by atoms with Crippen molar-refractivity contribution >= 4 is 41.0 Å². The average molecular weight is 776 g/mol. The zero-order valence-corrected chi connectivity index (χ0v) is 31.1. The highest BCUT2D eigenvalue weighted by Gasteiger charge is 2.44. The number of amides is 5. The Hall–Kier alpha value is -6.29. The van der Waals surface area contributed by atoms with Crippen LogP contribution >= 0.6 is 0 Å². The summed E-state index contributed by atoms with van der Waals surface area (Å²) in [7, 11) is 0. The van der Waals surface area contributed by atoms with Gasteiger partial charge >= 0.3 is 0 Å². The fourth-order valence-corrected chi connectivity index (χ4v) is 8.29. The molecule has 0 saturated carbocycles. The summed E-state index contributed by atoms with van der Waals surface area (Å²) in [6, 6.07) is 13.7. The first-order valence-electron chi connectivity index (χ1n) is 19.7. The van der Waals surface area contributed by atoms with Crippen LogP contribution in [0.15, 0.2) is 84.9 Å². The number of nitrogens with one attached hydrogen (secondary N) is 2. The van der Waals surface area contributed by atoms with Gasteiger partial charge in [-0.25, -0.2) is 9.37 Å². The molecule has 0 bridgehead atoms. The molecule has 3 saturated heterocycles. The predicted octanol–water partition coefficient (Wildman–Crippen LogP) is 3.24. The third kappa shape index (κ3) is 8.03. The van der Waals surface area contributed by atoms with E-state index in [4.69, 9.17) is 12.2 Å². The Labute approximate surface area is 329 Å². The molecule has 5 amide bonds. The van der Waals surface area contributed by atoms with Gasteiger partial charge in [0.05, 0.1) is 31.2 Å². The number of carbonyl (C=O) groups is 5. The zero-order chi connectivity index (χ0) is 40.5. The normalized spacial score (nSPS) is 20.7. The second-order valence-electron chi connectivity index (χ2n) is 15.0. The number of halogens is 1. The number of rotatable bonds is 10. The van der Waals surface area contributed by atoms with Gasteiger partial charge in [0.2, 0.25) is 17.7 Å². The highest BCUT2D eigenvalue weighted by Crippen LogP contribution is 2.34. The number of carbonyl (C=O) groups excluding carboxylic acids is 5. The smallest absolute Gasteiger partial charge is 0.277 e. The van der Waals surface area contributed by atoms with Gasteiger partial charge in [0, 0.05) is 62.7 Å². The molecule has 2 aromatic carbocycles. The molecule has 3 fully saturated rings. The Morgan fingerprint density at radius 1 is 0.982 bits per heavy atom. The van der Waals surface area contributed by atoms with Crippen molar-refractivity contribution < 1.29 is 29.7 Å². The second kappa shape index (κ2) is 16.1. The van der Waals surface area contributed by atoms with Gasteiger partial charge in [-0.15, -0.1) is 0 Å². The topological polar surface area (TPSA) is 189 Å². The van der Waals surface area contributed by atoms with Crippen LogP contribution in [0, 0.1) is 11.7 Å². The van der Waals surface area contributed by atoms with Crippen molar-refractivity contribution in [2.75, 3.05) is 43.8 Å². The van der Waals surface area contributed by atoms with E-state index in [9.17, 15) is 28.4 Å². The summed E-state index contributed by atoms with van der Waals surface area (Å²) in [6.07, 6.45) is 8.29. The van der Waals surface area contributed by atoms with Crippen molar-refractivity contribution in [3.05, 3.63) is 102 Å². The van der Waals surface area contributed by atoms with Crippen LogP contribution in [0.2, 0.25) is 0 Å². The Morgan fingerprint density at radius 2 is 1.72 bits per heavy atom. The summed E-state index contributed by atoms with van der Waals surface area (Å²) in [5.74, 6) is -3.52. The van der Waals surface area contributed by atoms with E-state index in [1.165, 1.54) is 30.3 Å². The van der Waals surface area contributed by atoms with Crippen LogP contribution in [0.4, 0.5) is 15.9 Å². The number of nitrogen functional groups attached to an aromatic ring is 1. The maximum Gasteiger partial charge on any atom is 0.277 e. The minimum absolute atomic E-state index is 0.0837. The van der Waals surface area contributed by atoms with Gasteiger partial charge in [0.1, 0.15) is 29.3 Å². The number of anilines is 2. The lowest BCUT2D eigenvalue weighted by Gasteiger charge is -2.38. The van der Waals surface area contributed by atoms with E-state index >= 15 is 0 Å². The highest BCUT2D eigenvalue weighted by atomic mass is 19.1. The van der Waals surface area contributed by atoms with Crippen molar-refractivity contribution in [2.24, 2.45) is 5.92 Å². The maximum atomic E-state index is 14.0. The number of likely N-dealkylation sites (tertiary alicyclic amines) is 2. The van der Waals surface area contributed by atoms with E-state index in [-0.39, 0.29) is 36.6 Å². The fourth-order valence-electron chi connectivity index (χ4n) is 8.29. The van der Waals surface area contributed by atoms with Crippen LogP contribution < -0.4 is 16.4 Å². The molecule has 2 aromatic heterocycles. The molecular formula is C41H43FN10O5. The molecule has 0 aliphatic carbocycles. The standard InChI is InChI=1S/C41H43FN10O5/c42-28-6-8-29(9-7-28)46-40(56)36(26-4-2-1-3-5-26)38-37(44-22-33(43)47-38)27-21-45-51(24-27)30-14-16-49(17-15-30)23-25-12-18-50(19-13-25)32-20-35(54)52(41(32)57)31-10-11-34(53)48-39(31)55/h1-9,20-22,24-25,30-31,36H,10-19,23H2,(H2,43,47)(H,46,56)(H,48,53,55)/t31?,36-/m1/s1/i22D.